The van der Waals surface area contributed by atoms with Crippen LogP contribution in [0.15, 0.2) is 83.8 Å². The predicted octanol–water partition coefficient (Wildman–Crippen LogP) is 5.01. The second-order valence-corrected chi connectivity index (χ2v) is 15.3. The monoisotopic (exact) mass is 621 g/mol. The van der Waals surface area contributed by atoms with Crippen molar-refractivity contribution in [3.05, 3.63) is 95.6 Å². The maximum atomic E-state index is 14.2. The number of ether oxygens (including phenoxy) is 1. The average molecular weight is 622 g/mol. The van der Waals surface area contributed by atoms with Gasteiger partial charge in [-0.2, -0.15) is 13.2 Å². The fraction of sp³-hybridized carbons (Fsp3) is 0.367. The van der Waals surface area contributed by atoms with E-state index in [0.29, 0.717) is 17.4 Å². The van der Waals surface area contributed by atoms with Crippen molar-refractivity contribution in [2.45, 2.75) is 41.7 Å². The molecular formula is C30H30F3NO6S2. The molecule has 42 heavy (non-hydrogen) atoms. The third-order valence-corrected chi connectivity index (χ3v) is 12.2. The van der Waals surface area contributed by atoms with E-state index in [9.17, 15) is 34.8 Å². The van der Waals surface area contributed by atoms with Gasteiger partial charge in [0.05, 0.1) is 22.0 Å². The number of alkyl halides is 3. The van der Waals surface area contributed by atoms with Crippen molar-refractivity contribution < 1.29 is 39.5 Å². The van der Waals surface area contributed by atoms with Gasteiger partial charge in [0.2, 0.25) is 5.91 Å². The molecule has 0 aliphatic carbocycles. The molecule has 2 fully saturated rings. The summed E-state index contributed by atoms with van der Waals surface area (Å²) in [5, 5.41) is 0. The van der Waals surface area contributed by atoms with Crippen LogP contribution in [-0.4, -0.2) is 52.2 Å². The first-order valence-corrected chi connectivity index (χ1v) is 16.8. The molecule has 5 rings (SSSR count). The molecule has 2 aliphatic rings. The van der Waals surface area contributed by atoms with Gasteiger partial charge in [-0.15, -0.1) is 0 Å². The van der Waals surface area contributed by atoms with Crippen LogP contribution in [0.4, 0.5) is 13.2 Å². The Labute approximate surface area is 243 Å². The van der Waals surface area contributed by atoms with Crippen LogP contribution in [0.5, 0.6) is 5.75 Å². The number of halogens is 3. The first-order valence-electron chi connectivity index (χ1n) is 13.5. The van der Waals surface area contributed by atoms with Gasteiger partial charge in [-0.25, -0.2) is 16.8 Å². The summed E-state index contributed by atoms with van der Waals surface area (Å²) in [5.74, 6) is -0.656. The largest absolute Gasteiger partial charge is 0.489 e. The fourth-order valence-corrected chi connectivity index (χ4v) is 9.25. The zero-order valence-corrected chi connectivity index (χ0v) is 24.2. The number of benzene rings is 3. The lowest BCUT2D eigenvalue weighted by Gasteiger charge is -2.31. The maximum Gasteiger partial charge on any atom is 0.416 e. The molecule has 2 saturated heterocycles. The van der Waals surface area contributed by atoms with Crippen LogP contribution in [0, 0.1) is 5.92 Å². The number of carbonyl (C=O) groups excluding carboxylic acids is 1. The first-order chi connectivity index (χ1) is 19.8. The number of hydrogen-bond acceptors (Lipinski definition) is 6. The van der Waals surface area contributed by atoms with Crippen LogP contribution < -0.4 is 4.74 Å². The molecule has 3 aromatic carbocycles. The van der Waals surface area contributed by atoms with E-state index >= 15 is 0 Å². The normalized spacial score (nSPS) is 21.3. The molecule has 2 aliphatic heterocycles. The van der Waals surface area contributed by atoms with Crippen LogP contribution in [0.2, 0.25) is 0 Å². The highest BCUT2D eigenvalue weighted by molar-refractivity contribution is 7.92. The van der Waals surface area contributed by atoms with E-state index in [1.807, 2.05) is 30.3 Å². The minimum Gasteiger partial charge on any atom is -0.489 e. The standard InChI is InChI=1S/C30H30F3NO6S2/c31-30(32,33)25-7-4-8-27(19-25)42(38,39)29(15-16-34(21-29)28(35)23-13-17-41(36,37)18-14-23)24-9-11-26(12-10-24)40-20-22-5-2-1-3-6-22/h1-12,19,23H,13-18,20-21H2. The van der Waals surface area contributed by atoms with Crippen LogP contribution in [0.1, 0.15) is 36.0 Å². The Morgan fingerprint density at radius 2 is 1.62 bits per heavy atom. The topological polar surface area (TPSA) is 97.8 Å². The van der Waals surface area contributed by atoms with Gasteiger partial charge in [0.15, 0.2) is 9.84 Å². The van der Waals surface area contributed by atoms with Gasteiger partial charge < -0.3 is 9.64 Å². The fourth-order valence-electron chi connectivity index (χ4n) is 5.64. The second kappa shape index (κ2) is 11.4. The quantitative estimate of drug-likeness (QED) is 0.368. The van der Waals surface area contributed by atoms with Gasteiger partial charge in [-0.1, -0.05) is 48.5 Å². The van der Waals surface area contributed by atoms with Crippen molar-refractivity contribution in [1.29, 1.82) is 0 Å². The summed E-state index contributed by atoms with van der Waals surface area (Å²) in [6.07, 6.45) is -4.47. The number of rotatable bonds is 7. The Balaban J connectivity index is 1.47. The third kappa shape index (κ3) is 6.05. The lowest BCUT2D eigenvalue weighted by Crippen LogP contribution is -2.43. The van der Waals surface area contributed by atoms with Crippen molar-refractivity contribution in [1.82, 2.24) is 4.90 Å². The van der Waals surface area contributed by atoms with E-state index in [1.165, 1.54) is 4.90 Å². The summed E-state index contributed by atoms with van der Waals surface area (Å²) in [7, 11) is -7.66. The van der Waals surface area contributed by atoms with Crippen molar-refractivity contribution in [3.63, 3.8) is 0 Å². The minimum atomic E-state index is -4.74. The van der Waals surface area contributed by atoms with Gasteiger partial charge in [0.1, 0.15) is 26.9 Å². The summed E-state index contributed by atoms with van der Waals surface area (Å²) in [6.45, 7) is 0.0810. The van der Waals surface area contributed by atoms with Gasteiger partial charge in [-0.3, -0.25) is 4.79 Å². The molecular weight excluding hydrogens is 591 g/mol. The summed E-state index contributed by atoms with van der Waals surface area (Å²) in [5.41, 5.74) is 0.178. The van der Waals surface area contributed by atoms with E-state index in [-0.39, 0.29) is 56.4 Å². The second-order valence-electron chi connectivity index (χ2n) is 10.8. The molecule has 0 aromatic heterocycles. The van der Waals surface area contributed by atoms with E-state index in [4.69, 9.17) is 4.74 Å². The first kappa shape index (κ1) is 30.1. The molecule has 1 atom stereocenters. The Bertz CT molecular complexity index is 1650. The van der Waals surface area contributed by atoms with E-state index in [0.717, 1.165) is 23.8 Å². The molecule has 0 N–H and O–H groups in total. The number of amides is 1. The molecule has 0 bridgehead atoms. The number of nitrogens with zero attached hydrogens (tertiary/aromatic N) is 1. The summed E-state index contributed by atoms with van der Waals surface area (Å²) in [6, 6.07) is 19.5. The molecule has 7 nitrogen and oxygen atoms in total. The lowest BCUT2D eigenvalue weighted by atomic mass is 9.97. The van der Waals surface area contributed by atoms with Gasteiger partial charge in [0.25, 0.3) is 0 Å². The maximum absolute atomic E-state index is 14.2. The number of carbonyl (C=O) groups is 1. The molecule has 1 amide bonds. The van der Waals surface area contributed by atoms with E-state index in [2.05, 4.69) is 0 Å². The van der Waals surface area contributed by atoms with E-state index in [1.54, 1.807) is 24.3 Å². The predicted molar refractivity (Wildman–Crippen MR) is 150 cm³/mol. The Hall–Kier alpha value is -3.38. The molecule has 3 aromatic rings. The molecule has 0 radical (unpaired) electrons. The third-order valence-electron chi connectivity index (χ3n) is 8.06. The Kier molecular flexibility index (Phi) is 8.14. The van der Waals surface area contributed by atoms with Crippen molar-refractivity contribution in [2.75, 3.05) is 24.6 Å². The molecule has 224 valence electrons. The van der Waals surface area contributed by atoms with Crippen molar-refractivity contribution in [3.8, 4) is 5.75 Å². The van der Waals surface area contributed by atoms with Gasteiger partial charge in [-0.05, 0) is 60.7 Å². The molecule has 2 heterocycles. The van der Waals surface area contributed by atoms with Crippen LogP contribution in [0.3, 0.4) is 0 Å². The lowest BCUT2D eigenvalue weighted by molar-refractivity contribution is -0.137. The number of hydrogen-bond donors (Lipinski definition) is 0. The Morgan fingerprint density at radius 1 is 0.952 bits per heavy atom. The van der Waals surface area contributed by atoms with Crippen LogP contribution in [0.25, 0.3) is 0 Å². The Morgan fingerprint density at radius 3 is 2.26 bits per heavy atom. The molecule has 1 unspecified atom stereocenters. The van der Waals surface area contributed by atoms with Crippen LogP contribution >= 0.6 is 0 Å². The van der Waals surface area contributed by atoms with Gasteiger partial charge >= 0.3 is 6.18 Å². The molecule has 0 spiro atoms. The smallest absolute Gasteiger partial charge is 0.416 e. The molecule has 12 heteroatoms. The SMILES string of the molecule is O=C(C1CCS(=O)(=O)CC1)N1CCC(c2ccc(OCc3ccccc3)cc2)(S(=O)(=O)c2cccc(C(F)(F)F)c2)C1. The zero-order valence-electron chi connectivity index (χ0n) is 22.6. The summed E-state index contributed by atoms with van der Waals surface area (Å²) in [4.78, 5) is 14.3. The van der Waals surface area contributed by atoms with Crippen molar-refractivity contribution >= 4 is 25.6 Å². The van der Waals surface area contributed by atoms with E-state index < -0.39 is 47.0 Å². The van der Waals surface area contributed by atoms with Crippen molar-refractivity contribution in [2.24, 2.45) is 5.92 Å². The highest BCUT2D eigenvalue weighted by atomic mass is 32.2. The highest BCUT2D eigenvalue weighted by Crippen LogP contribution is 2.45. The minimum absolute atomic E-state index is 0.0352. The average Bonchev–Trinajstić information content (AvgIpc) is 3.44. The van der Waals surface area contributed by atoms with Gasteiger partial charge in [0, 0.05) is 19.0 Å². The number of likely N-dealkylation sites (tertiary alicyclic amines) is 1. The summed E-state index contributed by atoms with van der Waals surface area (Å²) >= 11 is 0. The van der Waals surface area contributed by atoms with Crippen LogP contribution in [-0.2, 0) is 42.0 Å². The number of sulfone groups is 2. The molecule has 0 saturated carbocycles. The highest BCUT2D eigenvalue weighted by Gasteiger charge is 2.53. The summed E-state index contributed by atoms with van der Waals surface area (Å²) < 4.78 is 96.9. The zero-order chi connectivity index (χ0) is 30.2.